The van der Waals surface area contributed by atoms with Crippen molar-refractivity contribution >= 4 is 11.8 Å². The van der Waals surface area contributed by atoms with E-state index < -0.39 is 6.04 Å². The summed E-state index contributed by atoms with van der Waals surface area (Å²) in [5.74, 6) is 0.186. The van der Waals surface area contributed by atoms with Gasteiger partial charge in [-0.3, -0.25) is 14.5 Å². The molecule has 1 aliphatic rings. The molecule has 3 aromatic rings. The van der Waals surface area contributed by atoms with E-state index in [2.05, 4.69) is 0 Å². The molecule has 4 heteroatoms. The zero-order valence-corrected chi connectivity index (χ0v) is 15.0. The minimum absolute atomic E-state index is 0.195. The van der Waals surface area contributed by atoms with Gasteiger partial charge in [0.25, 0.3) is 11.8 Å². The van der Waals surface area contributed by atoms with Gasteiger partial charge in [-0.1, -0.05) is 60.7 Å². The lowest BCUT2D eigenvalue weighted by Crippen LogP contribution is -2.37. The normalized spacial score (nSPS) is 14.2. The smallest absolute Gasteiger partial charge is 0.262 e. The van der Waals surface area contributed by atoms with Crippen molar-refractivity contribution in [1.29, 1.82) is 0 Å². The second-order valence-corrected chi connectivity index (χ2v) is 6.53. The van der Waals surface area contributed by atoms with Crippen LogP contribution in [0.4, 0.5) is 0 Å². The summed E-state index contributed by atoms with van der Waals surface area (Å²) in [7, 11) is 0. The van der Waals surface area contributed by atoms with Crippen molar-refractivity contribution < 1.29 is 14.3 Å². The van der Waals surface area contributed by atoms with Crippen molar-refractivity contribution in [3.05, 3.63) is 101 Å². The summed E-state index contributed by atoms with van der Waals surface area (Å²) in [4.78, 5) is 27.2. The number of benzene rings is 3. The van der Waals surface area contributed by atoms with Crippen LogP contribution < -0.4 is 4.74 Å². The van der Waals surface area contributed by atoms with Crippen LogP contribution in [0.3, 0.4) is 0 Å². The highest BCUT2D eigenvalue weighted by atomic mass is 16.5. The van der Waals surface area contributed by atoms with Crippen molar-refractivity contribution in [3.8, 4) is 5.75 Å². The zero-order valence-electron chi connectivity index (χ0n) is 15.0. The molecule has 2 amide bonds. The molecule has 1 heterocycles. The van der Waals surface area contributed by atoms with Crippen LogP contribution in [0.1, 0.15) is 37.9 Å². The van der Waals surface area contributed by atoms with E-state index in [-0.39, 0.29) is 18.4 Å². The molecule has 134 valence electrons. The van der Waals surface area contributed by atoms with Gasteiger partial charge in [0.2, 0.25) is 0 Å². The van der Waals surface area contributed by atoms with Gasteiger partial charge in [-0.2, -0.15) is 0 Å². The largest absolute Gasteiger partial charge is 0.491 e. The van der Waals surface area contributed by atoms with Crippen LogP contribution in [0.5, 0.6) is 5.75 Å². The first-order valence-electron chi connectivity index (χ1n) is 8.87. The van der Waals surface area contributed by atoms with Crippen molar-refractivity contribution in [2.24, 2.45) is 0 Å². The summed E-state index contributed by atoms with van der Waals surface area (Å²) in [6.07, 6.45) is 0. The molecule has 0 aromatic heterocycles. The summed E-state index contributed by atoms with van der Waals surface area (Å²) >= 11 is 0. The molecule has 0 bridgehead atoms. The SMILES string of the molecule is Cc1ccccc1OC[C@@H](c1ccccc1)N1C(=O)c2ccccc2C1=O. The minimum Gasteiger partial charge on any atom is -0.491 e. The molecule has 0 fully saturated rings. The molecule has 0 N–H and O–H groups in total. The van der Waals surface area contributed by atoms with E-state index >= 15 is 0 Å². The van der Waals surface area contributed by atoms with E-state index in [1.165, 1.54) is 4.90 Å². The highest BCUT2D eigenvalue weighted by molar-refractivity contribution is 6.21. The molecule has 0 spiro atoms. The highest BCUT2D eigenvalue weighted by Crippen LogP contribution is 2.32. The molecule has 27 heavy (non-hydrogen) atoms. The number of fused-ring (bicyclic) bond motifs is 1. The molecule has 0 radical (unpaired) electrons. The van der Waals surface area contributed by atoms with E-state index in [0.717, 1.165) is 16.9 Å². The van der Waals surface area contributed by atoms with Crippen molar-refractivity contribution in [2.75, 3.05) is 6.61 Å². The number of hydrogen-bond acceptors (Lipinski definition) is 3. The first-order valence-corrected chi connectivity index (χ1v) is 8.87. The number of rotatable bonds is 5. The van der Waals surface area contributed by atoms with Crippen LogP contribution >= 0.6 is 0 Å². The van der Waals surface area contributed by atoms with Gasteiger partial charge in [0.15, 0.2) is 0 Å². The molecule has 0 unspecified atom stereocenters. The predicted molar refractivity (Wildman–Crippen MR) is 103 cm³/mol. The molecular weight excluding hydrogens is 338 g/mol. The fourth-order valence-corrected chi connectivity index (χ4v) is 3.37. The number of aryl methyl sites for hydroxylation is 1. The third-order valence-corrected chi connectivity index (χ3v) is 4.81. The van der Waals surface area contributed by atoms with E-state index in [1.807, 2.05) is 61.5 Å². The van der Waals surface area contributed by atoms with Crippen molar-refractivity contribution in [2.45, 2.75) is 13.0 Å². The number of nitrogens with zero attached hydrogens (tertiary/aromatic N) is 1. The number of imide groups is 1. The second kappa shape index (κ2) is 7.08. The Labute approximate surface area is 158 Å². The number of carbonyl (C=O) groups excluding carboxylic acids is 2. The molecule has 1 atom stereocenters. The van der Waals surface area contributed by atoms with E-state index in [4.69, 9.17) is 4.74 Å². The lowest BCUT2D eigenvalue weighted by molar-refractivity contribution is 0.0529. The van der Waals surface area contributed by atoms with Gasteiger partial charge < -0.3 is 4.74 Å². The highest BCUT2D eigenvalue weighted by Gasteiger charge is 2.40. The maximum Gasteiger partial charge on any atom is 0.262 e. The first-order chi connectivity index (χ1) is 13.2. The predicted octanol–water partition coefficient (Wildman–Crippen LogP) is 4.41. The topological polar surface area (TPSA) is 46.6 Å². The maximum atomic E-state index is 12.9. The standard InChI is InChI=1S/C23H19NO3/c1-16-9-5-8-14-21(16)27-15-20(17-10-3-2-4-11-17)24-22(25)18-12-6-7-13-19(18)23(24)26/h2-14,20H,15H2,1H3/t20-/m0/s1. The van der Waals surface area contributed by atoms with Gasteiger partial charge in [-0.15, -0.1) is 0 Å². The van der Waals surface area contributed by atoms with Gasteiger partial charge in [-0.25, -0.2) is 0 Å². The van der Waals surface area contributed by atoms with Crippen LogP contribution in [0.15, 0.2) is 78.9 Å². The van der Waals surface area contributed by atoms with Crippen LogP contribution in [0.2, 0.25) is 0 Å². The summed E-state index contributed by atoms with van der Waals surface area (Å²) in [6, 6.07) is 23.7. The summed E-state index contributed by atoms with van der Waals surface area (Å²) < 4.78 is 6.02. The van der Waals surface area contributed by atoms with Crippen LogP contribution in [-0.4, -0.2) is 23.3 Å². The summed E-state index contributed by atoms with van der Waals surface area (Å²) in [5, 5.41) is 0. The quantitative estimate of drug-likeness (QED) is 0.636. The summed E-state index contributed by atoms with van der Waals surface area (Å²) in [6.45, 7) is 2.16. The van der Waals surface area contributed by atoms with E-state index in [9.17, 15) is 9.59 Å². The maximum absolute atomic E-state index is 12.9. The zero-order chi connectivity index (χ0) is 18.8. The summed E-state index contributed by atoms with van der Waals surface area (Å²) in [5.41, 5.74) is 2.76. The van der Waals surface area contributed by atoms with Crippen molar-refractivity contribution in [3.63, 3.8) is 0 Å². The fourth-order valence-electron chi connectivity index (χ4n) is 3.37. The van der Waals surface area contributed by atoms with Gasteiger partial charge in [0, 0.05) is 0 Å². The lowest BCUT2D eigenvalue weighted by atomic mass is 10.1. The minimum atomic E-state index is -0.502. The second-order valence-electron chi connectivity index (χ2n) is 6.53. The van der Waals surface area contributed by atoms with E-state index in [1.54, 1.807) is 24.3 Å². The van der Waals surface area contributed by atoms with Crippen LogP contribution in [0, 0.1) is 6.92 Å². The Bertz CT molecular complexity index is 962. The number of amides is 2. The van der Waals surface area contributed by atoms with Gasteiger partial charge in [0.1, 0.15) is 12.4 Å². The van der Waals surface area contributed by atoms with Crippen molar-refractivity contribution in [1.82, 2.24) is 4.90 Å². The molecule has 3 aromatic carbocycles. The monoisotopic (exact) mass is 357 g/mol. The Morgan fingerprint density at radius 2 is 1.33 bits per heavy atom. The number of para-hydroxylation sites is 1. The molecule has 0 aliphatic carbocycles. The average molecular weight is 357 g/mol. The van der Waals surface area contributed by atoms with Gasteiger partial charge >= 0.3 is 0 Å². The molecule has 0 saturated carbocycles. The van der Waals surface area contributed by atoms with Crippen LogP contribution in [-0.2, 0) is 0 Å². The fraction of sp³-hybridized carbons (Fsp3) is 0.130. The molecule has 1 aliphatic heterocycles. The third kappa shape index (κ3) is 3.10. The van der Waals surface area contributed by atoms with Gasteiger partial charge in [0.05, 0.1) is 17.2 Å². The van der Waals surface area contributed by atoms with E-state index in [0.29, 0.717) is 11.1 Å². The molecular formula is C23H19NO3. The molecule has 4 nitrogen and oxygen atoms in total. The number of carbonyl (C=O) groups is 2. The Hall–Kier alpha value is -3.40. The lowest BCUT2D eigenvalue weighted by Gasteiger charge is -2.27. The Balaban J connectivity index is 1.68. The Kier molecular flexibility index (Phi) is 4.47. The Morgan fingerprint density at radius 3 is 1.96 bits per heavy atom. The number of ether oxygens (including phenoxy) is 1. The number of hydrogen-bond donors (Lipinski definition) is 0. The Morgan fingerprint density at radius 1 is 0.778 bits per heavy atom. The third-order valence-electron chi connectivity index (χ3n) is 4.81. The first kappa shape index (κ1) is 17.0. The average Bonchev–Trinajstić information content (AvgIpc) is 2.96. The van der Waals surface area contributed by atoms with Crippen LogP contribution in [0.25, 0.3) is 0 Å². The van der Waals surface area contributed by atoms with Gasteiger partial charge in [-0.05, 0) is 36.2 Å². The molecule has 0 saturated heterocycles. The molecule has 4 rings (SSSR count).